The number of ether oxygens (including phenoxy) is 1. The van der Waals surface area contributed by atoms with Gasteiger partial charge in [-0.15, -0.1) is 0 Å². The van der Waals surface area contributed by atoms with E-state index in [2.05, 4.69) is 4.99 Å². The zero-order valence-electron chi connectivity index (χ0n) is 11.8. The van der Waals surface area contributed by atoms with E-state index >= 15 is 0 Å². The zero-order chi connectivity index (χ0) is 14.7. The number of benzene rings is 2. The van der Waals surface area contributed by atoms with Gasteiger partial charge in [0.25, 0.3) is 0 Å². The molecule has 0 amide bonds. The molecule has 0 bridgehead atoms. The van der Waals surface area contributed by atoms with Crippen LogP contribution in [0.15, 0.2) is 35.3 Å². The van der Waals surface area contributed by atoms with E-state index in [1.807, 2.05) is 26.0 Å². The Labute approximate surface area is 118 Å². The second kappa shape index (κ2) is 5.65. The number of nitrogens with zero attached hydrogens (tertiary/aromatic N) is 1. The lowest BCUT2D eigenvalue weighted by atomic mass is 10.1. The number of hydrogen-bond acceptors (Lipinski definition) is 4. The minimum atomic E-state index is 0.121. The van der Waals surface area contributed by atoms with E-state index in [4.69, 9.17) is 10.5 Å². The molecule has 0 heterocycles. The lowest BCUT2D eigenvalue weighted by Crippen LogP contribution is -1.92. The smallest absolute Gasteiger partial charge is 0.131 e. The number of aliphatic imine (C=N–C) groups is 1. The summed E-state index contributed by atoms with van der Waals surface area (Å²) in [6.45, 7) is 4.01. The van der Waals surface area contributed by atoms with Gasteiger partial charge < -0.3 is 15.6 Å². The van der Waals surface area contributed by atoms with Crippen LogP contribution in [0.4, 0.5) is 11.4 Å². The topological polar surface area (TPSA) is 67.8 Å². The van der Waals surface area contributed by atoms with Gasteiger partial charge in [-0.3, -0.25) is 4.99 Å². The van der Waals surface area contributed by atoms with E-state index in [0.717, 1.165) is 11.1 Å². The predicted molar refractivity (Wildman–Crippen MR) is 82.2 cm³/mol. The summed E-state index contributed by atoms with van der Waals surface area (Å²) in [4.78, 5) is 4.36. The van der Waals surface area contributed by atoms with Crippen LogP contribution in [0.5, 0.6) is 11.5 Å². The van der Waals surface area contributed by atoms with Crippen LogP contribution in [0.3, 0.4) is 0 Å². The molecule has 2 aromatic carbocycles. The number of rotatable bonds is 3. The Morgan fingerprint density at radius 1 is 1.20 bits per heavy atom. The van der Waals surface area contributed by atoms with Crippen molar-refractivity contribution >= 4 is 17.6 Å². The van der Waals surface area contributed by atoms with Gasteiger partial charge in [0.1, 0.15) is 11.5 Å². The molecule has 104 valence electrons. The van der Waals surface area contributed by atoms with E-state index < -0.39 is 0 Å². The van der Waals surface area contributed by atoms with Crippen LogP contribution in [0, 0.1) is 13.8 Å². The van der Waals surface area contributed by atoms with Crippen LogP contribution in [0.25, 0.3) is 0 Å². The first-order valence-corrected chi connectivity index (χ1v) is 6.29. The van der Waals surface area contributed by atoms with Crippen molar-refractivity contribution in [3.05, 3.63) is 47.0 Å². The van der Waals surface area contributed by atoms with Crippen LogP contribution in [-0.4, -0.2) is 18.4 Å². The molecule has 0 saturated carbocycles. The lowest BCUT2D eigenvalue weighted by molar-refractivity contribution is 0.406. The number of nitrogen functional groups attached to an aromatic ring is 1. The first kappa shape index (κ1) is 13.9. The molecule has 4 nitrogen and oxygen atoms in total. The van der Waals surface area contributed by atoms with Crippen LogP contribution >= 0.6 is 0 Å². The van der Waals surface area contributed by atoms with Gasteiger partial charge in [0, 0.05) is 6.21 Å². The van der Waals surface area contributed by atoms with Crippen molar-refractivity contribution < 1.29 is 9.84 Å². The summed E-state index contributed by atoms with van der Waals surface area (Å²) in [5, 5.41) is 9.87. The number of aryl methyl sites for hydroxylation is 2. The average Bonchev–Trinajstić information content (AvgIpc) is 2.42. The van der Waals surface area contributed by atoms with Gasteiger partial charge in [-0.25, -0.2) is 0 Å². The van der Waals surface area contributed by atoms with Gasteiger partial charge in [-0.2, -0.15) is 0 Å². The van der Waals surface area contributed by atoms with Crippen LogP contribution in [0.1, 0.15) is 16.7 Å². The Morgan fingerprint density at radius 3 is 2.60 bits per heavy atom. The Hall–Kier alpha value is -2.49. The number of phenolic OH excluding ortho intramolecular Hbond substituents is 1. The van der Waals surface area contributed by atoms with Crippen LogP contribution < -0.4 is 10.5 Å². The first-order chi connectivity index (χ1) is 9.52. The maximum Gasteiger partial charge on any atom is 0.131 e. The standard InChI is InChI=1S/C16H18N2O2/c1-10-7-13(17)14(8-11(10)2)18-9-12-15(19)5-4-6-16(12)20-3/h4-9,19H,17H2,1-3H3. The number of nitrogens with two attached hydrogens (primary N) is 1. The molecule has 0 aliphatic carbocycles. The zero-order valence-corrected chi connectivity index (χ0v) is 11.8. The number of aromatic hydroxyl groups is 1. The van der Waals surface area contributed by atoms with E-state index in [1.54, 1.807) is 31.5 Å². The molecule has 2 rings (SSSR count). The van der Waals surface area contributed by atoms with Crippen molar-refractivity contribution in [3.8, 4) is 11.5 Å². The fourth-order valence-corrected chi connectivity index (χ4v) is 1.91. The third-order valence-corrected chi connectivity index (χ3v) is 3.24. The normalized spacial score (nSPS) is 10.9. The van der Waals surface area contributed by atoms with Crippen molar-refractivity contribution in [3.63, 3.8) is 0 Å². The maximum atomic E-state index is 9.87. The molecule has 0 aliphatic rings. The van der Waals surface area contributed by atoms with Gasteiger partial charge in [0.05, 0.1) is 24.0 Å². The highest BCUT2D eigenvalue weighted by molar-refractivity contribution is 5.90. The molecule has 0 aromatic heterocycles. The largest absolute Gasteiger partial charge is 0.507 e. The third kappa shape index (κ3) is 2.74. The first-order valence-electron chi connectivity index (χ1n) is 6.29. The van der Waals surface area contributed by atoms with Crippen molar-refractivity contribution in [2.45, 2.75) is 13.8 Å². The molecule has 0 unspecified atom stereocenters. The number of hydrogen-bond donors (Lipinski definition) is 2. The second-order valence-corrected chi connectivity index (χ2v) is 4.65. The summed E-state index contributed by atoms with van der Waals surface area (Å²) in [7, 11) is 1.55. The summed E-state index contributed by atoms with van der Waals surface area (Å²) in [5.74, 6) is 0.687. The fourth-order valence-electron chi connectivity index (χ4n) is 1.91. The van der Waals surface area contributed by atoms with E-state index in [1.165, 1.54) is 0 Å². The minimum Gasteiger partial charge on any atom is -0.507 e. The fraction of sp³-hybridized carbons (Fsp3) is 0.188. The quantitative estimate of drug-likeness (QED) is 0.664. The van der Waals surface area contributed by atoms with Crippen molar-refractivity contribution in [1.29, 1.82) is 0 Å². The summed E-state index contributed by atoms with van der Waals surface area (Å²) in [6, 6.07) is 8.89. The Kier molecular flexibility index (Phi) is 3.94. The molecule has 0 saturated heterocycles. The molecule has 4 heteroatoms. The summed E-state index contributed by atoms with van der Waals surface area (Å²) in [5.41, 5.74) is 10.0. The van der Waals surface area contributed by atoms with Gasteiger partial charge in [-0.1, -0.05) is 6.07 Å². The highest BCUT2D eigenvalue weighted by atomic mass is 16.5. The Balaban J connectivity index is 2.42. The average molecular weight is 270 g/mol. The van der Waals surface area contributed by atoms with E-state index in [-0.39, 0.29) is 5.75 Å². The van der Waals surface area contributed by atoms with Crippen molar-refractivity contribution in [1.82, 2.24) is 0 Å². The second-order valence-electron chi connectivity index (χ2n) is 4.65. The van der Waals surface area contributed by atoms with Gasteiger partial charge in [0.2, 0.25) is 0 Å². The molecule has 2 aromatic rings. The minimum absolute atomic E-state index is 0.121. The van der Waals surface area contributed by atoms with E-state index in [9.17, 15) is 5.11 Å². The van der Waals surface area contributed by atoms with E-state index in [0.29, 0.717) is 22.7 Å². The van der Waals surface area contributed by atoms with Crippen molar-refractivity contribution in [2.24, 2.45) is 4.99 Å². The Bertz CT molecular complexity index is 664. The van der Waals surface area contributed by atoms with Gasteiger partial charge in [-0.05, 0) is 49.2 Å². The van der Waals surface area contributed by atoms with Gasteiger partial charge in [0.15, 0.2) is 0 Å². The van der Waals surface area contributed by atoms with Crippen LogP contribution in [0.2, 0.25) is 0 Å². The predicted octanol–water partition coefficient (Wildman–Crippen LogP) is 3.35. The Morgan fingerprint density at radius 2 is 1.90 bits per heavy atom. The maximum absolute atomic E-state index is 9.87. The molecule has 3 N–H and O–H groups in total. The highest BCUT2D eigenvalue weighted by Gasteiger charge is 2.06. The molecule has 0 spiro atoms. The summed E-state index contributed by atoms with van der Waals surface area (Å²) in [6.07, 6.45) is 1.56. The highest BCUT2D eigenvalue weighted by Crippen LogP contribution is 2.29. The number of phenols is 1. The lowest BCUT2D eigenvalue weighted by Gasteiger charge is -2.07. The number of anilines is 1. The molecule has 0 fully saturated rings. The molecule has 0 aliphatic heterocycles. The molecule has 20 heavy (non-hydrogen) atoms. The SMILES string of the molecule is COc1cccc(O)c1C=Nc1cc(C)c(C)cc1N. The molecular weight excluding hydrogens is 252 g/mol. The third-order valence-electron chi connectivity index (χ3n) is 3.24. The number of methoxy groups -OCH3 is 1. The van der Waals surface area contributed by atoms with Crippen molar-refractivity contribution in [2.75, 3.05) is 12.8 Å². The molecule has 0 radical (unpaired) electrons. The van der Waals surface area contributed by atoms with Gasteiger partial charge >= 0.3 is 0 Å². The monoisotopic (exact) mass is 270 g/mol. The molecule has 0 atom stereocenters. The summed E-state index contributed by atoms with van der Waals surface area (Å²) >= 11 is 0. The van der Waals surface area contributed by atoms with Crippen LogP contribution in [-0.2, 0) is 0 Å². The summed E-state index contributed by atoms with van der Waals surface area (Å²) < 4.78 is 5.21. The molecular formula is C16H18N2O2.